The van der Waals surface area contributed by atoms with E-state index in [0.717, 1.165) is 42.5 Å². The minimum atomic E-state index is -0.146. The highest BCUT2D eigenvalue weighted by atomic mass is 16.5. The molecule has 168 valence electrons. The normalized spacial score (nSPS) is 18.2. The lowest BCUT2D eigenvalue weighted by atomic mass is 9.85. The van der Waals surface area contributed by atoms with Gasteiger partial charge in [0.15, 0.2) is 0 Å². The number of fused-ring (bicyclic) bond motifs is 1. The number of rotatable bonds is 6. The van der Waals surface area contributed by atoms with E-state index in [1.54, 1.807) is 45.5 Å². The number of ether oxygens (including phenoxy) is 2. The van der Waals surface area contributed by atoms with Crippen LogP contribution in [0.2, 0.25) is 0 Å². The van der Waals surface area contributed by atoms with Gasteiger partial charge in [-0.25, -0.2) is 4.98 Å². The summed E-state index contributed by atoms with van der Waals surface area (Å²) in [5.41, 5.74) is 2.78. The number of nitrogens with zero attached hydrogens (tertiary/aromatic N) is 1. The van der Waals surface area contributed by atoms with Gasteiger partial charge in [0.25, 0.3) is 11.8 Å². The number of hydrogen-bond acceptors (Lipinski definition) is 5. The van der Waals surface area contributed by atoms with E-state index in [1.165, 1.54) is 0 Å². The fourth-order valence-corrected chi connectivity index (χ4v) is 4.28. The van der Waals surface area contributed by atoms with Crippen molar-refractivity contribution in [3.63, 3.8) is 0 Å². The molecule has 8 nitrogen and oxygen atoms in total. The summed E-state index contributed by atoms with van der Waals surface area (Å²) in [4.78, 5) is 32.9. The molecule has 8 heteroatoms. The van der Waals surface area contributed by atoms with Gasteiger partial charge in [-0.2, -0.15) is 0 Å². The van der Waals surface area contributed by atoms with Crippen LogP contribution in [0.25, 0.3) is 11.0 Å². The molecule has 2 aromatic carbocycles. The summed E-state index contributed by atoms with van der Waals surface area (Å²) in [6.07, 6.45) is 3.72. The SMILES string of the molecule is CNC(=O)c1ccc2nc([C@H]3CCC[C@@H](NC(=O)c4cc(OC)cc(OC)c4)C3)[nH]c2c1. The van der Waals surface area contributed by atoms with Crippen molar-refractivity contribution in [2.75, 3.05) is 21.3 Å². The molecule has 1 aliphatic carbocycles. The summed E-state index contributed by atoms with van der Waals surface area (Å²) < 4.78 is 10.5. The van der Waals surface area contributed by atoms with E-state index in [2.05, 4.69) is 15.6 Å². The largest absolute Gasteiger partial charge is 0.497 e. The molecule has 2 atom stereocenters. The van der Waals surface area contributed by atoms with Gasteiger partial charge in [0, 0.05) is 36.2 Å². The Morgan fingerprint density at radius 1 is 1.00 bits per heavy atom. The quantitative estimate of drug-likeness (QED) is 0.549. The van der Waals surface area contributed by atoms with E-state index < -0.39 is 0 Å². The molecule has 1 aromatic heterocycles. The van der Waals surface area contributed by atoms with Crippen molar-refractivity contribution >= 4 is 22.8 Å². The molecule has 1 heterocycles. The van der Waals surface area contributed by atoms with Crippen LogP contribution in [0.5, 0.6) is 11.5 Å². The molecule has 1 fully saturated rings. The molecule has 4 rings (SSSR count). The van der Waals surface area contributed by atoms with E-state index in [-0.39, 0.29) is 23.8 Å². The van der Waals surface area contributed by atoms with Crippen molar-refractivity contribution in [2.45, 2.75) is 37.6 Å². The second-order valence-electron chi connectivity index (χ2n) is 8.07. The van der Waals surface area contributed by atoms with Crippen LogP contribution in [0.1, 0.15) is 58.1 Å². The number of amides is 2. The van der Waals surface area contributed by atoms with Crippen molar-refractivity contribution in [3.8, 4) is 11.5 Å². The monoisotopic (exact) mass is 436 g/mol. The van der Waals surface area contributed by atoms with E-state index in [1.807, 2.05) is 12.1 Å². The highest BCUT2D eigenvalue weighted by molar-refractivity contribution is 5.97. The maximum absolute atomic E-state index is 12.9. The second-order valence-corrected chi connectivity index (χ2v) is 8.07. The summed E-state index contributed by atoms with van der Waals surface area (Å²) >= 11 is 0. The molecule has 2 amide bonds. The van der Waals surface area contributed by atoms with E-state index in [0.29, 0.717) is 22.6 Å². The number of carbonyl (C=O) groups is 2. The Morgan fingerprint density at radius 2 is 1.75 bits per heavy atom. The highest BCUT2D eigenvalue weighted by Crippen LogP contribution is 2.33. The number of hydrogen-bond donors (Lipinski definition) is 3. The van der Waals surface area contributed by atoms with Crippen LogP contribution >= 0.6 is 0 Å². The first-order valence-electron chi connectivity index (χ1n) is 10.8. The molecule has 0 aliphatic heterocycles. The Labute approximate surface area is 186 Å². The standard InChI is InChI=1S/C24H28N4O4/c1-25-23(29)15-7-8-20-21(12-15)28-22(27-20)14-5-4-6-17(9-14)26-24(30)16-10-18(31-2)13-19(11-16)32-3/h7-8,10-14,17H,4-6,9H2,1-3H3,(H,25,29)(H,26,30)(H,27,28)/t14-,17+/m0/s1. The van der Waals surface area contributed by atoms with Gasteiger partial charge >= 0.3 is 0 Å². The van der Waals surface area contributed by atoms with Crippen molar-refractivity contribution < 1.29 is 19.1 Å². The number of nitrogens with one attached hydrogen (secondary N) is 3. The summed E-state index contributed by atoms with van der Waals surface area (Å²) in [7, 11) is 4.74. The van der Waals surface area contributed by atoms with Gasteiger partial charge in [-0.3, -0.25) is 9.59 Å². The lowest BCUT2D eigenvalue weighted by Crippen LogP contribution is -2.38. The second kappa shape index (κ2) is 9.30. The first-order valence-corrected chi connectivity index (χ1v) is 10.8. The summed E-state index contributed by atoms with van der Waals surface area (Å²) in [6, 6.07) is 10.7. The predicted molar refractivity (Wildman–Crippen MR) is 121 cm³/mol. The minimum Gasteiger partial charge on any atom is -0.497 e. The van der Waals surface area contributed by atoms with Gasteiger partial charge in [0.2, 0.25) is 0 Å². The average Bonchev–Trinajstić information content (AvgIpc) is 3.26. The third-order valence-electron chi connectivity index (χ3n) is 6.00. The van der Waals surface area contributed by atoms with Crippen molar-refractivity contribution in [1.29, 1.82) is 0 Å². The van der Waals surface area contributed by atoms with Crippen LogP contribution in [-0.4, -0.2) is 49.1 Å². The lowest BCUT2D eigenvalue weighted by molar-refractivity contribution is 0.0922. The Bertz CT molecular complexity index is 1120. The summed E-state index contributed by atoms with van der Waals surface area (Å²) in [5.74, 6) is 2.00. The highest BCUT2D eigenvalue weighted by Gasteiger charge is 2.27. The molecular weight excluding hydrogens is 408 g/mol. The Kier molecular flexibility index (Phi) is 6.30. The zero-order valence-electron chi connectivity index (χ0n) is 18.5. The lowest BCUT2D eigenvalue weighted by Gasteiger charge is -2.28. The molecule has 1 aliphatic rings. The predicted octanol–water partition coefficient (Wildman–Crippen LogP) is 3.40. The number of methoxy groups -OCH3 is 2. The topological polar surface area (TPSA) is 105 Å². The third kappa shape index (κ3) is 4.54. The number of aromatic amines is 1. The van der Waals surface area contributed by atoms with Crippen LogP contribution in [-0.2, 0) is 0 Å². The average molecular weight is 437 g/mol. The molecule has 0 saturated heterocycles. The maximum atomic E-state index is 12.9. The molecule has 0 bridgehead atoms. The molecule has 0 radical (unpaired) electrons. The third-order valence-corrected chi connectivity index (χ3v) is 6.00. The van der Waals surface area contributed by atoms with Crippen molar-refractivity contribution in [1.82, 2.24) is 20.6 Å². The zero-order valence-corrected chi connectivity index (χ0v) is 18.5. The van der Waals surface area contributed by atoms with Crippen molar-refractivity contribution in [2.24, 2.45) is 0 Å². The number of imidazole rings is 1. The molecule has 0 spiro atoms. The number of H-pyrrole nitrogens is 1. The smallest absolute Gasteiger partial charge is 0.251 e. The van der Waals surface area contributed by atoms with E-state index >= 15 is 0 Å². The first kappa shape index (κ1) is 21.7. The van der Waals surface area contributed by atoms with Gasteiger partial charge in [-0.1, -0.05) is 6.42 Å². The summed E-state index contributed by atoms with van der Waals surface area (Å²) in [6.45, 7) is 0. The van der Waals surface area contributed by atoms with Crippen LogP contribution < -0.4 is 20.1 Å². The van der Waals surface area contributed by atoms with Gasteiger partial charge in [-0.05, 0) is 49.6 Å². The fourth-order valence-electron chi connectivity index (χ4n) is 4.28. The molecule has 1 saturated carbocycles. The Balaban J connectivity index is 1.48. The molecule has 3 N–H and O–H groups in total. The van der Waals surface area contributed by atoms with E-state index in [4.69, 9.17) is 14.5 Å². The van der Waals surface area contributed by atoms with Crippen LogP contribution in [0.15, 0.2) is 36.4 Å². The van der Waals surface area contributed by atoms with Gasteiger partial charge in [-0.15, -0.1) is 0 Å². The first-order chi connectivity index (χ1) is 15.5. The van der Waals surface area contributed by atoms with Crippen molar-refractivity contribution in [3.05, 3.63) is 53.3 Å². The molecule has 3 aromatic rings. The van der Waals surface area contributed by atoms with E-state index in [9.17, 15) is 9.59 Å². The van der Waals surface area contributed by atoms with Crippen LogP contribution in [0.3, 0.4) is 0 Å². The summed E-state index contributed by atoms with van der Waals surface area (Å²) in [5, 5.41) is 5.80. The van der Waals surface area contributed by atoms with Gasteiger partial charge in [0.05, 0.1) is 25.3 Å². The molecular formula is C24H28N4O4. The van der Waals surface area contributed by atoms with Gasteiger partial charge in [0.1, 0.15) is 17.3 Å². The Morgan fingerprint density at radius 3 is 2.44 bits per heavy atom. The maximum Gasteiger partial charge on any atom is 0.251 e. The number of carbonyl (C=O) groups excluding carboxylic acids is 2. The van der Waals surface area contributed by atoms with Crippen LogP contribution in [0.4, 0.5) is 0 Å². The van der Waals surface area contributed by atoms with Gasteiger partial charge < -0.3 is 25.1 Å². The van der Waals surface area contributed by atoms with Crippen LogP contribution in [0, 0.1) is 0 Å². The minimum absolute atomic E-state index is 0.0492. The molecule has 0 unspecified atom stereocenters. The molecule has 32 heavy (non-hydrogen) atoms. The zero-order chi connectivity index (χ0) is 22.7. The fraction of sp³-hybridized carbons (Fsp3) is 0.375. The number of benzene rings is 2. The Hall–Kier alpha value is -3.55. The number of aromatic nitrogens is 2.